The van der Waals surface area contributed by atoms with Crippen LogP contribution in [0.1, 0.15) is 37.5 Å². The van der Waals surface area contributed by atoms with Crippen LogP contribution < -0.4 is 4.72 Å². The number of sulfonamides is 1. The minimum Gasteiger partial charge on any atom is -0.480 e. The minimum atomic E-state index is -3.79. The third kappa shape index (κ3) is 2.75. The Morgan fingerprint density at radius 1 is 1.45 bits per heavy atom. The molecule has 1 fully saturated rings. The van der Waals surface area contributed by atoms with Gasteiger partial charge in [-0.3, -0.25) is 4.79 Å². The molecule has 2 N–H and O–H groups in total. The van der Waals surface area contributed by atoms with Crippen LogP contribution in [0.3, 0.4) is 0 Å². The molecule has 20 heavy (non-hydrogen) atoms. The van der Waals surface area contributed by atoms with Gasteiger partial charge >= 0.3 is 5.97 Å². The minimum absolute atomic E-state index is 0.174. The Morgan fingerprint density at radius 2 is 2.15 bits per heavy atom. The summed E-state index contributed by atoms with van der Waals surface area (Å²) in [6.07, 6.45) is 2.73. The molecule has 1 saturated carbocycles. The van der Waals surface area contributed by atoms with Crippen LogP contribution in [0.25, 0.3) is 0 Å². The van der Waals surface area contributed by atoms with Crippen molar-refractivity contribution in [3.8, 4) is 0 Å². The maximum atomic E-state index is 12.4. The summed E-state index contributed by atoms with van der Waals surface area (Å²) in [6.45, 7) is 3.62. The molecule has 2 rings (SSSR count). The van der Waals surface area contributed by atoms with Gasteiger partial charge in [-0.15, -0.1) is 11.3 Å². The molecule has 1 aliphatic rings. The Morgan fingerprint density at radius 3 is 2.65 bits per heavy atom. The van der Waals surface area contributed by atoms with Gasteiger partial charge in [-0.25, -0.2) is 8.42 Å². The number of nitrogens with one attached hydrogen (secondary N) is 1. The molecule has 1 aliphatic carbocycles. The molecule has 2 atom stereocenters. The molecule has 112 valence electrons. The van der Waals surface area contributed by atoms with Crippen molar-refractivity contribution in [3.63, 3.8) is 0 Å². The lowest BCUT2D eigenvalue weighted by Crippen LogP contribution is -2.59. The van der Waals surface area contributed by atoms with Crippen molar-refractivity contribution < 1.29 is 18.3 Å². The topological polar surface area (TPSA) is 83.5 Å². The molecule has 0 spiro atoms. The predicted molar refractivity (Wildman–Crippen MR) is 77.4 cm³/mol. The fraction of sp³-hybridized carbons (Fsp3) is 0.615. The molecule has 1 heterocycles. The standard InChI is InChI=1S/C13H19NO4S2/c1-9-5-3-4-8-13(9,12(15)16)14-20(17,18)11-7-6-10(2)19-11/h6-7,9,14H,3-5,8H2,1-2H3,(H,15,16). The summed E-state index contributed by atoms with van der Waals surface area (Å²) in [5, 5.41) is 9.55. The molecular weight excluding hydrogens is 298 g/mol. The molecule has 1 aromatic rings. The van der Waals surface area contributed by atoms with Gasteiger partial charge in [0, 0.05) is 4.88 Å². The summed E-state index contributed by atoms with van der Waals surface area (Å²) >= 11 is 1.15. The van der Waals surface area contributed by atoms with Crippen LogP contribution in [-0.2, 0) is 14.8 Å². The number of carboxylic acids is 1. The molecule has 0 radical (unpaired) electrons. The van der Waals surface area contributed by atoms with Gasteiger partial charge in [-0.05, 0) is 37.8 Å². The van der Waals surface area contributed by atoms with E-state index in [2.05, 4.69) is 4.72 Å². The van der Waals surface area contributed by atoms with Gasteiger partial charge in [0.05, 0.1) is 0 Å². The van der Waals surface area contributed by atoms with Crippen LogP contribution in [0, 0.1) is 12.8 Å². The molecule has 0 bridgehead atoms. The Balaban J connectivity index is 2.35. The van der Waals surface area contributed by atoms with Crippen molar-refractivity contribution in [2.75, 3.05) is 0 Å². The molecule has 5 nitrogen and oxygen atoms in total. The van der Waals surface area contributed by atoms with Gasteiger partial charge in [0.25, 0.3) is 10.0 Å². The predicted octanol–water partition coefficient (Wildman–Crippen LogP) is 2.37. The summed E-state index contributed by atoms with van der Waals surface area (Å²) in [4.78, 5) is 12.6. The first kappa shape index (κ1) is 15.5. The molecular formula is C13H19NO4S2. The Kier molecular flexibility index (Phi) is 4.22. The average molecular weight is 317 g/mol. The van der Waals surface area contributed by atoms with E-state index in [-0.39, 0.29) is 10.1 Å². The Labute approximate surface area is 123 Å². The highest BCUT2D eigenvalue weighted by atomic mass is 32.2. The van der Waals surface area contributed by atoms with Crippen LogP contribution in [-0.4, -0.2) is 25.0 Å². The van der Waals surface area contributed by atoms with E-state index in [0.29, 0.717) is 6.42 Å². The van der Waals surface area contributed by atoms with Crippen LogP contribution in [0.15, 0.2) is 16.3 Å². The second kappa shape index (κ2) is 5.46. The lowest BCUT2D eigenvalue weighted by Gasteiger charge is -2.39. The summed E-state index contributed by atoms with van der Waals surface area (Å²) < 4.78 is 27.5. The molecule has 0 amide bonds. The van der Waals surface area contributed by atoms with Gasteiger partial charge < -0.3 is 5.11 Å². The number of hydrogen-bond acceptors (Lipinski definition) is 4. The van der Waals surface area contributed by atoms with E-state index in [1.807, 2.05) is 6.92 Å². The third-order valence-electron chi connectivity index (χ3n) is 3.98. The molecule has 7 heteroatoms. The van der Waals surface area contributed by atoms with E-state index in [1.54, 1.807) is 13.0 Å². The highest BCUT2D eigenvalue weighted by Crippen LogP contribution is 2.35. The number of hydrogen-bond donors (Lipinski definition) is 2. The summed E-state index contributed by atoms with van der Waals surface area (Å²) in [5.41, 5.74) is -1.38. The van der Waals surface area contributed by atoms with Gasteiger partial charge in [-0.2, -0.15) is 4.72 Å². The highest BCUT2D eigenvalue weighted by molar-refractivity contribution is 7.91. The van der Waals surface area contributed by atoms with E-state index < -0.39 is 21.5 Å². The summed E-state index contributed by atoms with van der Waals surface area (Å²) in [7, 11) is -3.79. The lowest BCUT2D eigenvalue weighted by atomic mass is 9.74. The number of carbonyl (C=O) groups is 1. The van der Waals surface area contributed by atoms with Gasteiger partial charge in [0.15, 0.2) is 0 Å². The SMILES string of the molecule is Cc1ccc(S(=O)(=O)NC2(C(=O)O)CCCCC2C)s1. The maximum absolute atomic E-state index is 12.4. The first-order chi connectivity index (χ1) is 9.28. The van der Waals surface area contributed by atoms with Crippen LogP contribution in [0.4, 0.5) is 0 Å². The van der Waals surface area contributed by atoms with Crippen LogP contribution >= 0.6 is 11.3 Å². The van der Waals surface area contributed by atoms with Gasteiger partial charge in [0.1, 0.15) is 9.75 Å². The zero-order valence-corrected chi connectivity index (χ0v) is 13.2. The average Bonchev–Trinajstić information content (AvgIpc) is 2.79. The largest absolute Gasteiger partial charge is 0.480 e. The zero-order valence-electron chi connectivity index (χ0n) is 11.5. The van der Waals surface area contributed by atoms with E-state index in [1.165, 1.54) is 6.07 Å². The lowest BCUT2D eigenvalue weighted by molar-refractivity contribution is -0.147. The smallest absolute Gasteiger partial charge is 0.325 e. The Bertz CT molecular complexity index is 608. The molecule has 0 saturated heterocycles. The van der Waals surface area contributed by atoms with E-state index in [9.17, 15) is 18.3 Å². The number of rotatable bonds is 4. The molecule has 0 aromatic carbocycles. The Hall–Kier alpha value is -0.920. The van der Waals surface area contributed by atoms with Crippen molar-refractivity contribution >= 4 is 27.3 Å². The van der Waals surface area contributed by atoms with E-state index in [4.69, 9.17) is 0 Å². The van der Waals surface area contributed by atoms with E-state index in [0.717, 1.165) is 35.5 Å². The van der Waals surface area contributed by atoms with Crippen molar-refractivity contribution in [2.24, 2.45) is 5.92 Å². The van der Waals surface area contributed by atoms with Crippen molar-refractivity contribution in [1.29, 1.82) is 0 Å². The number of thiophene rings is 1. The van der Waals surface area contributed by atoms with Crippen LogP contribution in [0.5, 0.6) is 0 Å². The molecule has 0 aliphatic heterocycles. The summed E-state index contributed by atoms with van der Waals surface area (Å²) in [5.74, 6) is -1.30. The highest BCUT2D eigenvalue weighted by Gasteiger charge is 2.48. The maximum Gasteiger partial charge on any atom is 0.325 e. The number of aliphatic carboxylic acids is 1. The second-order valence-electron chi connectivity index (χ2n) is 5.39. The quantitative estimate of drug-likeness (QED) is 0.893. The van der Waals surface area contributed by atoms with Gasteiger partial charge in [-0.1, -0.05) is 19.8 Å². The second-order valence-corrected chi connectivity index (χ2v) is 8.59. The first-order valence-electron chi connectivity index (χ1n) is 6.62. The number of carboxylic acid groups (broad SMARTS) is 1. The first-order valence-corrected chi connectivity index (χ1v) is 8.92. The van der Waals surface area contributed by atoms with Gasteiger partial charge in [0.2, 0.25) is 0 Å². The van der Waals surface area contributed by atoms with Crippen molar-refractivity contribution in [3.05, 3.63) is 17.0 Å². The van der Waals surface area contributed by atoms with Crippen molar-refractivity contribution in [1.82, 2.24) is 4.72 Å². The zero-order chi connectivity index (χ0) is 15.0. The fourth-order valence-corrected chi connectivity index (χ4v) is 5.47. The fourth-order valence-electron chi connectivity index (χ4n) is 2.71. The molecule has 2 unspecified atom stereocenters. The van der Waals surface area contributed by atoms with E-state index >= 15 is 0 Å². The van der Waals surface area contributed by atoms with Crippen LogP contribution in [0.2, 0.25) is 0 Å². The normalized spacial score (nSPS) is 27.4. The molecule has 1 aromatic heterocycles. The third-order valence-corrected chi connectivity index (χ3v) is 6.98. The van der Waals surface area contributed by atoms with Crippen molar-refractivity contribution in [2.45, 2.75) is 49.3 Å². The summed E-state index contributed by atoms with van der Waals surface area (Å²) in [6, 6.07) is 3.24. The number of aryl methyl sites for hydroxylation is 1. The monoisotopic (exact) mass is 317 g/mol.